The lowest BCUT2D eigenvalue weighted by Crippen LogP contribution is -2.15. The quantitative estimate of drug-likeness (QED) is 0.737. The topological polar surface area (TPSA) is 18.3 Å². The average molecular weight is 387 g/mol. The summed E-state index contributed by atoms with van der Waals surface area (Å²) in [5.41, 5.74) is 8.70. The van der Waals surface area contributed by atoms with E-state index in [-0.39, 0.29) is 0 Å². The van der Waals surface area contributed by atoms with Crippen molar-refractivity contribution in [3.8, 4) is 0 Å². The van der Waals surface area contributed by atoms with Crippen molar-refractivity contribution in [1.82, 2.24) is 5.32 Å². The zero-order chi connectivity index (χ0) is 20.8. The fraction of sp³-hybridized carbons (Fsp3) is 0.269. The van der Waals surface area contributed by atoms with Crippen LogP contribution in [0.25, 0.3) is 5.57 Å². The molecular formula is C26H32N3+. The van der Waals surface area contributed by atoms with Crippen LogP contribution in [0.4, 0.5) is 5.69 Å². The minimum absolute atomic E-state index is 0.880. The lowest BCUT2D eigenvalue weighted by Gasteiger charge is -2.19. The second kappa shape index (κ2) is 9.53. The summed E-state index contributed by atoms with van der Waals surface area (Å²) in [5, 5.41) is 3.22. The maximum absolute atomic E-state index is 3.22. The highest BCUT2D eigenvalue weighted by Crippen LogP contribution is 2.31. The van der Waals surface area contributed by atoms with E-state index in [2.05, 4.69) is 116 Å². The Kier molecular flexibility index (Phi) is 6.84. The van der Waals surface area contributed by atoms with Crippen LogP contribution in [-0.4, -0.2) is 45.0 Å². The Morgan fingerprint density at radius 3 is 1.90 bits per heavy atom. The van der Waals surface area contributed by atoms with Crippen LogP contribution >= 0.6 is 0 Å². The van der Waals surface area contributed by atoms with E-state index in [0.717, 1.165) is 13.1 Å². The summed E-state index contributed by atoms with van der Waals surface area (Å²) >= 11 is 0. The van der Waals surface area contributed by atoms with Crippen molar-refractivity contribution in [2.75, 3.05) is 39.6 Å². The molecule has 0 aliphatic heterocycles. The molecule has 0 aromatic heterocycles. The van der Waals surface area contributed by atoms with E-state index in [0.29, 0.717) is 0 Å². The third kappa shape index (κ3) is 4.93. The molecule has 3 nitrogen and oxygen atoms in total. The van der Waals surface area contributed by atoms with Gasteiger partial charge < -0.3 is 10.2 Å². The van der Waals surface area contributed by atoms with Gasteiger partial charge in [0.15, 0.2) is 5.71 Å². The molecule has 150 valence electrons. The Morgan fingerprint density at radius 1 is 0.862 bits per heavy atom. The standard InChI is InChI=1S/C26H32N3/c1-6-29(5)25-17-13-23(14-18-25)26(21-9-7-20(8-10-21)19-27-2)22-11-15-24(16-12-22)28(3)4/h7-18,27H,6,19H2,1-5H3/q+1. The number of anilines is 1. The van der Waals surface area contributed by atoms with Crippen molar-refractivity contribution in [3.05, 3.63) is 95.1 Å². The Labute approximate surface area is 175 Å². The zero-order valence-corrected chi connectivity index (χ0v) is 18.2. The van der Waals surface area contributed by atoms with Crippen LogP contribution in [0, 0.1) is 0 Å². The molecule has 0 saturated carbocycles. The minimum Gasteiger partial charge on any atom is -0.375 e. The van der Waals surface area contributed by atoms with Crippen LogP contribution in [-0.2, 0) is 6.54 Å². The van der Waals surface area contributed by atoms with Crippen molar-refractivity contribution in [3.63, 3.8) is 0 Å². The zero-order valence-electron chi connectivity index (χ0n) is 18.2. The number of hydrogen-bond donors (Lipinski definition) is 1. The highest BCUT2D eigenvalue weighted by Gasteiger charge is 2.13. The molecule has 1 aliphatic rings. The minimum atomic E-state index is 0.880. The van der Waals surface area contributed by atoms with Gasteiger partial charge in [-0.1, -0.05) is 36.4 Å². The smallest absolute Gasteiger partial charge is 0.199 e. The molecule has 0 bridgehead atoms. The number of nitrogens with one attached hydrogen (secondary N) is 1. The van der Waals surface area contributed by atoms with Crippen LogP contribution in [0.1, 0.15) is 23.6 Å². The molecule has 0 saturated heterocycles. The van der Waals surface area contributed by atoms with Gasteiger partial charge >= 0.3 is 0 Å². The fourth-order valence-corrected chi connectivity index (χ4v) is 3.48. The number of nitrogens with zero attached hydrogens (tertiary/aromatic N) is 2. The van der Waals surface area contributed by atoms with Crippen LogP contribution in [0.15, 0.2) is 78.4 Å². The van der Waals surface area contributed by atoms with E-state index >= 15 is 0 Å². The maximum Gasteiger partial charge on any atom is 0.199 e. The molecule has 0 amide bonds. The first-order valence-corrected chi connectivity index (χ1v) is 10.2. The van der Waals surface area contributed by atoms with Gasteiger partial charge in [0.25, 0.3) is 0 Å². The molecule has 2 aromatic carbocycles. The Hall–Kier alpha value is -2.91. The number of rotatable bonds is 6. The first-order chi connectivity index (χ1) is 14.0. The summed E-state index contributed by atoms with van der Waals surface area (Å²) < 4.78 is 2.13. The number of benzene rings is 2. The molecule has 1 aliphatic carbocycles. The Balaban J connectivity index is 2.08. The van der Waals surface area contributed by atoms with Gasteiger partial charge in [0.2, 0.25) is 0 Å². The van der Waals surface area contributed by atoms with Gasteiger partial charge in [-0.3, -0.25) is 0 Å². The van der Waals surface area contributed by atoms with E-state index in [1.807, 2.05) is 7.05 Å². The van der Waals surface area contributed by atoms with E-state index in [1.54, 1.807) is 0 Å². The summed E-state index contributed by atoms with van der Waals surface area (Å²) in [4.78, 5) is 2.25. The summed E-state index contributed by atoms with van der Waals surface area (Å²) in [6.07, 6.45) is 8.81. The SMILES string of the molecule is CCN(C)c1ccc(C(=C2C=CC(=[N+](C)C)C=C2)c2ccc(CNC)cc2)cc1. The summed E-state index contributed by atoms with van der Waals surface area (Å²) in [5.74, 6) is 0. The predicted octanol–water partition coefficient (Wildman–Crippen LogP) is 4.50. The van der Waals surface area contributed by atoms with Gasteiger partial charge in [0.1, 0.15) is 14.1 Å². The van der Waals surface area contributed by atoms with Crippen molar-refractivity contribution >= 4 is 17.0 Å². The number of allylic oxidation sites excluding steroid dienone is 5. The first-order valence-electron chi connectivity index (χ1n) is 10.2. The van der Waals surface area contributed by atoms with E-state index in [9.17, 15) is 0 Å². The first kappa shape index (κ1) is 20.8. The van der Waals surface area contributed by atoms with Crippen LogP contribution in [0.5, 0.6) is 0 Å². The van der Waals surface area contributed by atoms with Gasteiger partial charge in [-0.15, -0.1) is 0 Å². The Morgan fingerprint density at radius 2 is 1.41 bits per heavy atom. The largest absolute Gasteiger partial charge is 0.375 e. The van der Waals surface area contributed by atoms with Crippen LogP contribution in [0.2, 0.25) is 0 Å². The van der Waals surface area contributed by atoms with Gasteiger partial charge in [-0.05, 0) is 66.1 Å². The lowest BCUT2D eigenvalue weighted by atomic mass is 9.90. The van der Waals surface area contributed by atoms with Crippen molar-refractivity contribution in [1.29, 1.82) is 0 Å². The van der Waals surface area contributed by atoms with Gasteiger partial charge in [-0.2, -0.15) is 0 Å². The second-order valence-electron chi connectivity index (χ2n) is 7.60. The van der Waals surface area contributed by atoms with Crippen molar-refractivity contribution in [2.45, 2.75) is 13.5 Å². The molecule has 0 atom stereocenters. The average Bonchev–Trinajstić information content (AvgIpc) is 2.75. The molecule has 0 spiro atoms. The lowest BCUT2D eigenvalue weighted by molar-refractivity contribution is -0.462. The highest BCUT2D eigenvalue weighted by atomic mass is 15.1. The molecule has 0 fully saturated rings. The van der Waals surface area contributed by atoms with Gasteiger partial charge in [-0.25, -0.2) is 4.58 Å². The summed E-state index contributed by atoms with van der Waals surface area (Å²) in [7, 11) is 8.25. The Bertz CT molecular complexity index is 936. The predicted molar refractivity (Wildman–Crippen MR) is 126 cm³/mol. The van der Waals surface area contributed by atoms with Crippen LogP contribution in [0.3, 0.4) is 0 Å². The molecule has 0 heterocycles. The molecule has 0 unspecified atom stereocenters. The monoisotopic (exact) mass is 386 g/mol. The van der Waals surface area contributed by atoms with E-state index in [1.165, 1.54) is 39.2 Å². The van der Waals surface area contributed by atoms with E-state index < -0.39 is 0 Å². The summed E-state index contributed by atoms with van der Waals surface area (Å²) in [6.45, 7) is 4.05. The van der Waals surface area contributed by atoms with E-state index in [4.69, 9.17) is 0 Å². The second-order valence-corrected chi connectivity index (χ2v) is 7.60. The fourth-order valence-electron chi connectivity index (χ4n) is 3.48. The van der Waals surface area contributed by atoms with Gasteiger partial charge in [0, 0.05) is 38.0 Å². The van der Waals surface area contributed by atoms with Crippen molar-refractivity contribution in [2.24, 2.45) is 0 Å². The van der Waals surface area contributed by atoms with Crippen LogP contribution < -0.4 is 10.2 Å². The normalized spacial score (nSPS) is 13.0. The number of hydrogen-bond acceptors (Lipinski definition) is 2. The third-order valence-corrected chi connectivity index (χ3v) is 5.37. The summed E-state index contributed by atoms with van der Waals surface area (Å²) in [6, 6.07) is 17.8. The maximum atomic E-state index is 3.22. The van der Waals surface area contributed by atoms with Crippen molar-refractivity contribution < 1.29 is 4.58 Å². The molecule has 3 heteroatoms. The third-order valence-electron chi connectivity index (χ3n) is 5.37. The molecule has 2 aromatic rings. The molecule has 29 heavy (non-hydrogen) atoms. The molecule has 0 radical (unpaired) electrons. The molecule has 3 rings (SSSR count). The molecule has 1 N–H and O–H groups in total. The molecular weight excluding hydrogens is 354 g/mol. The highest BCUT2D eigenvalue weighted by molar-refractivity contribution is 6.03. The van der Waals surface area contributed by atoms with Gasteiger partial charge in [0.05, 0.1) is 0 Å².